The maximum Gasteiger partial charge on any atom is 0.168 e. The number of aromatic nitrogens is 2. The van der Waals surface area contributed by atoms with Crippen molar-refractivity contribution in [2.45, 2.75) is 5.16 Å². The zero-order valence-electron chi connectivity index (χ0n) is 13.3. The predicted molar refractivity (Wildman–Crippen MR) is 96.0 cm³/mol. The molecule has 0 aliphatic carbocycles. The number of rotatable bonds is 6. The molecule has 0 saturated carbocycles. The third kappa shape index (κ3) is 3.79. The number of nitrogens with zero attached hydrogens (tertiary/aromatic N) is 3. The van der Waals surface area contributed by atoms with E-state index in [9.17, 15) is 0 Å². The molecule has 3 aromatic rings. The van der Waals surface area contributed by atoms with E-state index in [-0.39, 0.29) is 0 Å². The van der Waals surface area contributed by atoms with Gasteiger partial charge in [-0.15, -0.1) is 0 Å². The van der Waals surface area contributed by atoms with Crippen LogP contribution in [0.5, 0.6) is 5.75 Å². The summed E-state index contributed by atoms with van der Waals surface area (Å²) in [4.78, 5) is 4.49. The Bertz CT molecular complexity index is 835. The Morgan fingerprint density at radius 2 is 1.88 bits per heavy atom. The molecule has 24 heavy (non-hydrogen) atoms. The average Bonchev–Trinajstić information content (AvgIpc) is 3.00. The van der Waals surface area contributed by atoms with Gasteiger partial charge in [0.2, 0.25) is 0 Å². The average molecular weight is 335 g/mol. The minimum Gasteiger partial charge on any atom is -0.493 e. The Morgan fingerprint density at radius 1 is 1.12 bits per heavy atom. The van der Waals surface area contributed by atoms with E-state index in [0.717, 1.165) is 27.9 Å². The van der Waals surface area contributed by atoms with Crippen LogP contribution >= 0.6 is 11.8 Å². The van der Waals surface area contributed by atoms with Crippen LogP contribution in [0.1, 0.15) is 5.56 Å². The minimum atomic E-state index is 0.587. The van der Waals surface area contributed by atoms with Gasteiger partial charge < -0.3 is 9.30 Å². The quantitative estimate of drug-likeness (QED) is 0.502. The summed E-state index contributed by atoms with van der Waals surface area (Å²) >= 11 is 1.66. The fourth-order valence-corrected chi connectivity index (χ4v) is 3.09. The fourth-order valence-electron chi connectivity index (χ4n) is 2.32. The summed E-state index contributed by atoms with van der Waals surface area (Å²) in [5, 5.41) is 9.75. The lowest BCUT2D eigenvalue weighted by molar-refractivity contribution is 0.344. The standard InChI is InChI=1S/C19H17N3OS/c1-22-18(16-5-3-2-4-6-16)14-21-19(22)24-12-11-23-17-9-7-15(13-20)8-10-17/h2-10,14H,11-12H2,1H3. The van der Waals surface area contributed by atoms with Gasteiger partial charge in [-0.05, 0) is 29.8 Å². The first-order chi connectivity index (χ1) is 11.8. The van der Waals surface area contributed by atoms with Gasteiger partial charge in [-0.2, -0.15) is 5.26 Å². The zero-order chi connectivity index (χ0) is 16.8. The van der Waals surface area contributed by atoms with Crippen molar-refractivity contribution in [3.63, 3.8) is 0 Å². The van der Waals surface area contributed by atoms with E-state index < -0.39 is 0 Å². The van der Waals surface area contributed by atoms with Crippen LogP contribution < -0.4 is 4.74 Å². The van der Waals surface area contributed by atoms with E-state index in [1.807, 2.05) is 43.6 Å². The molecule has 120 valence electrons. The molecule has 0 saturated heterocycles. The third-order valence-electron chi connectivity index (χ3n) is 3.58. The van der Waals surface area contributed by atoms with Crippen molar-refractivity contribution in [3.8, 4) is 23.1 Å². The fraction of sp³-hybridized carbons (Fsp3) is 0.158. The Morgan fingerprint density at radius 3 is 2.58 bits per heavy atom. The first-order valence-electron chi connectivity index (χ1n) is 7.61. The maximum absolute atomic E-state index is 8.78. The van der Waals surface area contributed by atoms with Crippen LogP contribution in [-0.4, -0.2) is 21.9 Å². The third-order valence-corrected chi connectivity index (χ3v) is 4.59. The van der Waals surface area contributed by atoms with Crippen LogP contribution in [0.25, 0.3) is 11.3 Å². The van der Waals surface area contributed by atoms with Crippen molar-refractivity contribution in [2.24, 2.45) is 7.05 Å². The molecule has 2 aromatic carbocycles. The zero-order valence-corrected chi connectivity index (χ0v) is 14.2. The number of thioether (sulfide) groups is 1. The monoisotopic (exact) mass is 335 g/mol. The molecule has 1 heterocycles. The Balaban J connectivity index is 1.54. The van der Waals surface area contributed by atoms with Gasteiger partial charge >= 0.3 is 0 Å². The van der Waals surface area contributed by atoms with Gasteiger partial charge in [0.25, 0.3) is 0 Å². The number of ether oxygens (including phenoxy) is 1. The van der Waals surface area contributed by atoms with E-state index in [2.05, 4.69) is 27.8 Å². The molecular formula is C19H17N3OS. The Labute approximate surface area is 145 Å². The molecule has 0 unspecified atom stereocenters. The van der Waals surface area contributed by atoms with Crippen molar-refractivity contribution in [1.82, 2.24) is 9.55 Å². The second-order valence-corrected chi connectivity index (χ2v) is 6.25. The van der Waals surface area contributed by atoms with E-state index in [0.29, 0.717) is 12.2 Å². The maximum atomic E-state index is 8.78. The second-order valence-electron chi connectivity index (χ2n) is 5.18. The van der Waals surface area contributed by atoms with E-state index in [1.54, 1.807) is 23.9 Å². The van der Waals surface area contributed by atoms with Gasteiger partial charge in [-0.25, -0.2) is 4.98 Å². The summed E-state index contributed by atoms with van der Waals surface area (Å²) in [6.45, 7) is 0.587. The number of hydrogen-bond acceptors (Lipinski definition) is 4. The van der Waals surface area contributed by atoms with E-state index >= 15 is 0 Å². The van der Waals surface area contributed by atoms with Crippen molar-refractivity contribution in [3.05, 3.63) is 66.4 Å². The van der Waals surface area contributed by atoms with Crippen molar-refractivity contribution >= 4 is 11.8 Å². The van der Waals surface area contributed by atoms with Gasteiger partial charge in [0, 0.05) is 12.8 Å². The van der Waals surface area contributed by atoms with Crippen LogP contribution in [-0.2, 0) is 7.05 Å². The highest BCUT2D eigenvalue weighted by Gasteiger charge is 2.08. The number of benzene rings is 2. The number of imidazole rings is 1. The van der Waals surface area contributed by atoms with Crippen LogP contribution in [0.15, 0.2) is 66.0 Å². The molecule has 0 aliphatic heterocycles. The molecule has 0 amide bonds. The molecule has 0 N–H and O–H groups in total. The Hall–Kier alpha value is -2.71. The number of nitriles is 1. The SMILES string of the molecule is Cn1c(-c2ccccc2)cnc1SCCOc1ccc(C#N)cc1. The predicted octanol–water partition coefficient (Wildman–Crippen LogP) is 4.13. The highest BCUT2D eigenvalue weighted by atomic mass is 32.2. The molecule has 4 nitrogen and oxygen atoms in total. The number of hydrogen-bond donors (Lipinski definition) is 0. The van der Waals surface area contributed by atoms with Gasteiger partial charge in [0.05, 0.1) is 30.1 Å². The second kappa shape index (κ2) is 7.71. The highest BCUT2D eigenvalue weighted by molar-refractivity contribution is 7.99. The first kappa shape index (κ1) is 16.2. The normalized spacial score (nSPS) is 10.3. The van der Waals surface area contributed by atoms with Gasteiger partial charge in [-0.1, -0.05) is 42.1 Å². The largest absolute Gasteiger partial charge is 0.493 e. The molecule has 0 radical (unpaired) electrons. The molecule has 0 fully saturated rings. The lowest BCUT2D eigenvalue weighted by atomic mass is 10.2. The molecule has 0 bridgehead atoms. The smallest absolute Gasteiger partial charge is 0.168 e. The van der Waals surface area contributed by atoms with E-state index in [4.69, 9.17) is 10.00 Å². The van der Waals surface area contributed by atoms with Crippen LogP contribution in [0.2, 0.25) is 0 Å². The lowest BCUT2D eigenvalue weighted by Gasteiger charge is -2.07. The Kier molecular flexibility index (Phi) is 5.19. The highest BCUT2D eigenvalue weighted by Crippen LogP contribution is 2.24. The summed E-state index contributed by atoms with van der Waals surface area (Å²) in [5.74, 6) is 1.58. The van der Waals surface area contributed by atoms with E-state index in [1.165, 1.54) is 0 Å². The van der Waals surface area contributed by atoms with Crippen LogP contribution in [0, 0.1) is 11.3 Å². The topological polar surface area (TPSA) is 50.8 Å². The molecule has 0 spiro atoms. The summed E-state index contributed by atoms with van der Waals surface area (Å²) < 4.78 is 7.79. The van der Waals surface area contributed by atoms with Gasteiger partial charge in [0.1, 0.15) is 5.75 Å². The molecule has 1 aromatic heterocycles. The minimum absolute atomic E-state index is 0.587. The van der Waals surface area contributed by atoms with Gasteiger partial charge in [-0.3, -0.25) is 0 Å². The van der Waals surface area contributed by atoms with Crippen molar-refractivity contribution in [2.75, 3.05) is 12.4 Å². The van der Waals surface area contributed by atoms with Gasteiger partial charge in [0.15, 0.2) is 5.16 Å². The molecule has 3 rings (SSSR count). The van der Waals surface area contributed by atoms with Crippen molar-refractivity contribution < 1.29 is 4.74 Å². The summed E-state index contributed by atoms with van der Waals surface area (Å²) in [6, 6.07) is 19.5. The lowest BCUT2D eigenvalue weighted by Crippen LogP contribution is -2.02. The van der Waals surface area contributed by atoms with Crippen LogP contribution in [0.3, 0.4) is 0 Å². The van der Waals surface area contributed by atoms with Crippen LogP contribution in [0.4, 0.5) is 0 Å². The molecular weight excluding hydrogens is 318 g/mol. The summed E-state index contributed by atoms with van der Waals surface area (Å²) in [5.41, 5.74) is 2.90. The first-order valence-corrected chi connectivity index (χ1v) is 8.59. The molecule has 0 atom stereocenters. The molecule has 5 heteroatoms. The molecule has 0 aliphatic rings. The van der Waals surface area contributed by atoms with Crippen molar-refractivity contribution in [1.29, 1.82) is 5.26 Å². The summed E-state index contributed by atoms with van der Waals surface area (Å²) in [6.07, 6.45) is 1.90. The summed E-state index contributed by atoms with van der Waals surface area (Å²) in [7, 11) is 2.03.